The molecular weight excluding hydrogens is 269 g/mol. The molecule has 0 saturated heterocycles. The second kappa shape index (κ2) is 6.14. The van der Waals surface area contributed by atoms with Crippen molar-refractivity contribution in [3.8, 4) is 0 Å². The van der Waals surface area contributed by atoms with E-state index in [1.165, 1.54) is 18.2 Å². The fourth-order valence-corrected chi connectivity index (χ4v) is 2.73. The number of hydrogen-bond donors (Lipinski definition) is 1. The molecule has 0 amide bonds. The molecule has 1 N–H and O–H groups in total. The maximum atomic E-state index is 12.9. The molecule has 0 bridgehead atoms. The van der Waals surface area contributed by atoms with Crippen molar-refractivity contribution < 1.29 is 23.0 Å². The van der Waals surface area contributed by atoms with E-state index in [0.29, 0.717) is 13.0 Å². The maximum absolute atomic E-state index is 12.9. The zero-order chi connectivity index (χ0) is 14.8. The van der Waals surface area contributed by atoms with Crippen LogP contribution in [0.25, 0.3) is 0 Å². The van der Waals surface area contributed by atoms with Crippen LogP contribution in [0.5, 0.6) is 0 Å². The Balaban J connectivity index is 1.98. The first-order valence-electron chi connectivity index (χ1n) is 6.87. The Labute approximate surface area is 116 Å². The molecule has 0 radical (unpaired) electrons. The van der Waals surface area contributed by atoms with E-state index < -0.39 is 17.8 Å². The summed E-state index contributed by atoms with van der Waals surface area (Å²) in [6.45, 7) is 2.57. The van der Waals surface area contributed by atoms with E-state index in [1.807, 2.05) is 6.92 Å². The van der Waals surface area contributed by atoms with E-state index in [-0.39, 0.29) is 17.6 Å². The van der Waals surface area contributed by atoms with Gasteiger partial charge in [-0.25, -0.2) is 0 Å². The van der Waals surface area contributed by atoms with Crippen LogP contribution in [0.2, 0.25) is 0 Å². The van der Waals surface area contributed by atoms with Gasteiger partial charge in [0.1, 0.15) is 0 Å². The van der Waals surface area contributed by atoms with Crippen molar-refractivity contribution in [1.82, 2.24) is 0 Å². The van der Waals surface area contributed by atoms with Crippen LogP contribution >= 0.6 is 0 Å². The molecule has 5 heteroatoms. The lowest BCUT2D eigenvalue weighted by atomic mass is 9.77. The summed E-state index contributed by atoms with van der Waals surface area (Å²) in [4.78, 5) is 0. The van der Waals surface area contributed by atoms with E-state index in [2.05, 4.69) is 0 Å². The first kappa shape index (κ1) is 15.3. The topological polar surface area (TPSA) is 29.5 Å². The molecule has 2 nitrogen and oxygen atoms in total. The van der Waals surface area contributed by atoms with Gasteiger partial charge in [0.25, 0.3) is 0 Å². The van der Waals surface area contributed by atoms with Crippen molar-refractivity contribution in [3.05, 3.63) is 35.4 Å². The van der Waals surface area contributed by atoms with E-state index in [0.717, 1.165) is 18.9 Å². The first-order chi connectivity index (χ1) is 9.41. The van der Waals surface area contributed by atoms with Crippen LogP contribution in [0.3, 0.4) is 0 Å². The van der Waals surface area contributed by atoms with Gasteiger partial charge in [0, 0.05) is 6.61 Å². The van der Waals surface area contributed by atoms with E-state index in [1.54, 1.807) is 0 Å². The van der Waals surface area contributed by atoms with Crippen molar-refractivity contribution in [2.75, 3.05) is 6.61 Å². The molecule has 0 aromatic heterocycles. The van der Waals surface area contributed by atoms with Gasteiger partial charge in [0.05, 0.1) is 17.8 Å². The fraction of sp³-hybridized carbons (Fsp3) is 0.600. The lowest BCUT2D eigenvalue weighted by Gasteiger charge is -2.36. The Morgan fingerprint density at radius 3 is 2.55 bits per heavy atom. The van der Waals surface area contributed by atoms with Gasteiger partial charge in [-0.2, -0.15) is 13.2 Å². The average Bonchev–Trinajstić information content (AvgIpc) is 2.35. The smallest absolute Gasteiger partial charge is 0.388 e. The number of aliphatic hydroxyl groups excluding tert-OH is 1. The van der Waals surface area contributed by atoms with Gasteiger partial charge in [-0.05, 0) is 43.7 Å². The maximum Gasteiger partial charge on any atom is 0.416 e. The highest BCUT2D eigenvalue weighted by Crippen LogP contribution is 2.40. The van der Waals surface area contributed by atoms with Crippen molar-refractivity contribution in [1.29, 1.82) is 0 Å². The Hall–Kier alpha value is -1.07. The summed E-state index contributed by atoms with van der Waals surface area (Å²) in [5.41, 5.74) is -0.770. The minimum atomic E-state index is -4.43. The summed E-state index contributed by atoms with van der Waals surface area (Å²) in [5.74, 6) is 0.239. The Bertz CT molecular complexity index is 439. The molecule has 0 heterocycles. The number of benzene rings is 1. The predicted octanol–water partition coefficient (Wildman–Crippen LogP) is 3.94. The molecule has 0 spiro atoms. The van der Waals surface area contributed by atoms with Crippen LogP contribution in [-0.2, 0) is 10.9 Å². The molecule has 1 aliphatic carbocycles. The summed E-state index contributed by atoms with van der Waals surface area (Å²) in [6, 6.07) is 5.24. The Morgan fingerprint density at radius 2 is 1.95 bits per heavy atom. The molecule has 1 aliphatic rings. The Morgan fingerprint density at radius 1 is 1.30 bits per heavy atom. The van der Waals surface area contributed by atoms with Crippen LogP contribution in [-0.4, -0.2) is 17.8 Å². The van der Waals surface area contributed by atoms with Gasteiger partial charge in [-0.1, -0.05) is 18.2 Å². The van der Waals surface area contributed by atoms with Gasteiger partial charge in [-0.15, -0.1) is 0 Å². The van der Waals surface area contributed by atoms with Crippen LogP contribution in [0, 0.1) is 5.92 Å². The van der Waals surface area contributed by atoms with Crippen molar-refractivity contribution in [2.45, 2.75) is 44.6 Å². The van der Waals surface area contributed by atoms with Gasteiger partial charge < -0.3 is 9.84 Å². The number of aliphatic hydroxyl groups is 1. The lowest BCUT2D eigenvalue weighted by molar-refractivity contribution is -0.139. The number of hydrogen-bond acceptors (Lipinski definition) is 2. The van der Waals surface area contributed by atoms with Crippen molar-refractivity contribution in [2.24, 2.45) is 5.92 Å². The molecule has 0 aliphatic heterocycles. The third kappa shape index (κ3) is 3.52. The van der Waals surface area contributed by atoms with Crippen LogP contribution in [0.1, 0.15) is 43.4 Å². The van der Waals surface area contributed by atoms with Crippen LogP contribution < -0.4 is 0 Å². The lowest BCUT2D eigenvalue weighted by Crippen LogP contribution is -2.32. The largest absolute Gasteiger partial charge is 0.416 e. The van der Waals surface area contributed by atoms with Crippen LogP contribution in [0.4, 0.5) is 13.2 Å². The summed E-state index contributed by atoms with van der Waals surface area (Å²) in [7, 11) is 0. The second-order valence-electron chi connectivity index (χ2n) is 5.25. The van der Waals surface area contributed by atoms with Gasteiger partial charge in [-0.3, -0.25) is 0 Å². The molecule has 112 valence electrons. The minimum Gasteiger partial charge on any atom is -0.388 e. The highest BCUT2D eigenvalue weighted by molar-refractivity contribution is 5.31. The second-order valence-corrected chi connectivity index (χ2v) is 5.25. The summed E-state index contributed by atoms with van der Waals surface area (Å²) in [6.07, 6.45) is -3.30. The highest BCUT2D eigenvalue weighted by atomic mass is 19.4. The fourth-order valence-electron chi connectivity index (χ4n) is 2.73. The molecule has 2 rings (SSSR count). The monoisotopic (exact) mass is 288 g/mol. The SMILES string of the molecule is CCOC1CC(CC(O)c2ccccc2C(F)(F)F)C1. The summed E-state index contributed by atoms with van der Waals surface area (Å²) >= 11 is 0. The summed E-state index contributed by atoms with van der Waals surface area (Å²) < 4.78 is 44.0. The van der Waals surface area contributed by atoms with Gasteiger partial charge >= 0.3 is 6.18 Å². The number of alkyl halides is 3. The summed E-state index contributed by atoms with van der Waals surface area (Å²) in [5, 5.41) is 10.1. The molecular formula is C15H19F3O2. The van der Waals surface area contributed by atoms with Gasteiger partial charge in [0.2, 0.25) is 0 Å². The van der Waals surface area contributed by atoms with Gasteiger partial charge in [0.15, 0.2) is 0 Å². The molecule has 1 unspecified atom stereocenters. The van der Waals surface area contributed by atoms with Crippen molar-refractivity contribution in [3.63, 3.8) is 0 Å². The zero-order valence-corrected chi connectivity index (χ0v) is 11.4. The molecule has 1 fully saturated rings. The molecule has 1 aromatic rings. The zero-order valence-electron chi connectivity index (χ0n) is 11.4. The predicted molar refractivity (Wildman–Crippen MR) is 69.2 cm³/mol. The molecule has 1 aromatic carbocycles. The standard InChI is InChI=1S/C15H19F3O2/c1-2-20-11-7-10(8-11)9-14(19)12-5-3-4-6-13(12)15(16,17)18/h3-6,10-11,14,19H,2,7-9H2,1H3. The third-order valence-electron chi connectivity index (χ3n) is 3.78. The minimum absolute atomic E-state index is 0.0279. The molecule has 20 heavy (non-hydrogen) atoms. The van der Waals surface area contributed by atoms with E-state index in [9.17, 15) is 18.3 Å². The third-order valence-corrected chi connectivity index (χ3v) is 3.78. The van der Waals surface area contributed by atoms with Crippen LogP contribution in [0.15, 0.2) is 24.3 Å². The first-order valence-corrected chi connectivity index (χ1v) is 6.87. The quantitative estimate of drug-likeness (QED) is 0.889. The van der Waals surface area contributed by atoms with E-state index >= 15 is 0 Å². The Kier molecular flexibility index (Phi) is 4.70. The number of rotatable bonds is 5. The van der Waals surface area contributed by atoms with Crippen molar-refractivity contribution >= 4 is 0 Å². The van der Waals surface area contributed by atoms with E-state index in [4.69, 9.17) is 4.74 Å². The number of ether oxygens (including phenoxy) is 1. The normalized spacial score (nSPS) is 24.2. The average molecular weight is 288 g/mol. The number of halogens is 3. The molecule has 1 atom stereocenters. The highest BCUT2D eigenvalue weighted by Gasteiger charge is 2.36. The molecule has 1 saturated carbocycles.